The van der Waals surface area contributed by atoms with E-state index >= 15 is 0 Å². The first-order valence-electron chi connectivity index (χ1n) is 5.16. The Morgan fingerprint density at radius 1 is 1.37 bits per heavy atom. The molecule has 7 heteroatoms. The van der Waals surface area contributed by atoms with Crippen LogP contribution in [0.2, 0.25) is 5.02 Å². The highest BCUT2D eigenvalue weighted by molar-refractivity contribution is 6.67. The number of benzene rings is 1. The molecular formula is C12H7Cl2FN2O2. The zero-order valence-electron chi connectivity index (χ0n) is 9.65. The van der Waals surface area contributed by atoms with Crippen LogP contribution >= 0.6 is 23.2 Å². The molecule has 0 radical (unpaired) electrons. The quantitative estimate of drug-likeness (QED) is 0.801. The summed E-state index contributed by atoms with van der Waals surface area (Å²) < 4.78 is 14.4. The molecule has 98 valence electrons. The van der Waals surface area contributed by atoms with Crippen LogP contribution in [0, 0.1) is 12.7 Å². The Morgan fingerprint density at radius 2 is 2.05 bits per heavy atom. The Balaban J connectivity index is 2.68. The predicted octanol–water partition coefficient (Wildman–Crippen LogP) is 2.71. The topological polar surface area (TPSA) is 52.0 Å². The van der Waals surface area contributed by atoms with Gasteiger partial charge in [0.2, 0.25) is 5.43 Å². The van der Waals surface area contributed by atoms with Crippen LogP contribution in [-0.4, -0.2) is 15.0 Å². The Kier molecular flexibility index (Phi) is 3.68. The third-order valence-corrected chi connectivity index (χ3v) is 2.91. The smallest absolute Gasteiger partial charge is 0.276 e. The van der Waals surface area contributed by atoms with Gasteiger partial charge in [-0.15, -0.1) is 0 Å². The van der Waals surface area contributed by atoms with Crippen LogP contribution in [0.4, 0.5) is 4.39 Å². The molecule has 1 aromatic heterocycles. The average molecular weight is 301 g/mol. The standard InChI is InChI=1S/C12H7Cl2FN2O2/c1-6-4-10(18)11(12(14)19)16-17(6)7-2-3-9(15)8(13)5-7/h2-5H,1H3. The molecule has 0 saturated carbocycles. The largest absolute Gasteiger partial charge is 0.287 e. The van der Waals surface area contributed by atoms with Crippen molar-refractivity contribution in [2.24, 2.45) is 0 Å². The first-order chi connectivity index (χ1) is 8.90. The number of nitrogens with zero attached hydrogens (tertiary/aromatic N) is 2. The van der Waals surface area contributed by atoms with Crippen LogP contribution in [0.15, 0.2) is 29.1 Å². The number of halogens is 3. The fraction of sp³-hybridized carbons (Fsp3) is 0.0833. The molecule has 0 aliphatic rings. The van der Waals surface area contributed by atoms with Gasteiger partial charge in [-0.3, -0.25) is 9.59 Å². The second-order valence-electron chi connectivity index (χ2n) is 3.78. The SMILES string of the molecule is Cc1cc(=O)c(C(=O)Cl)nn1-c1ccc(F)c(Cl)c1. The van der Waals surface area contributed by atoms with Crippen LogP contribution in [-0.2, 0) is 0 Å². The third kappa shape index (κ3) is 2.67. The van der Waals surface area contributed by atoms with Crippen LogP contribution < -0.4 is 5.43 Å². The number of carbonyl (C=O) groups excluding carboxylic acids is 1. The summed E-state index contributed by atoms with van der Waals surface area (Å²) in [5.41, 5.74) is -0.0768. The van der Waals surface area contributed by atoms with E-state index < -0.39 is 22.2 Å². The molecule has 0 aliphatic carbocycles. The van der Waals surface area contributed by atoms with E-state index in [2.05, 4.69) is 5.10 Å². The summed E-state index contributed by atoms with van der Waals surface area (Å²) in [4.78, 5) is 22.6. The number of carbonyl (C=O) groups is 1. The van der Waals surface area contributed by atoms with Crippen LogP contribution in [0.5, 0.6) is 0 Å². The Labute approximate surface area is 117 Å². The normalized spacial score (nSPS) is 10.5. The predicted molar refractivity (Wildman–Crippen MR) is 69.7 cm³/mol. The summed E-state index contributed by atoms with van der Waals surface area (Å²) in [6, 6.07) is 5.15. The molecule has 0 aliphatic heterocycles. The van der Waals surface area contributed by atoms with Gasteiger partial charge in [0.05, 0.1) is 10.7 Å². The summed E-state index contributed by atoms with van der Waals surface area (Å²) in [5, 5.41) is 2.82. The van der Waals surface area contributed by atoms with Crippen molar-refractivity contribution >= 4 is 28.4 Å². The molecule has 0 unspecified atom stereocenters. The van der Waals surface area contributed by atoms with Gasteiger partial charge in [-0.25, -0.2) is 9.07 Å². The number of rotatable bonds is 2. The molecule has 0 amide bonds. The van der Waals surface area contributed by atoms with Gasteiger partial charge in [0, 0.05) is 11.8 Å². The van der Waals surface area contributed by atoms with E-state index in [0.29, 0.717) is 11.4 Å². The highest BCUT2D eigenvalue weighted by Gasteiger charge is 2.13. The van der Waals surface area contributed by atoms with Crippen LogP contribution in [0.1, 0.15) is 16.2 Å². The number of hydrogen-bond donors (Lipinski definition) is 0. The highest BCUT2D eigenvalue weighted by atomic mass is 35.5. The van der Waals surface area contributed by atoms with Crippen molar-refractivity contribution in [3.8, 4) is 5.69 Å². The zero-order valence-corrected chi connectivity index (χ0v) is 11.2. The van der Waals surface area contributed by atoms with E-state index in [-0.39, 0.29) is 5.02 Å². The maximum absolute atomic E-state index is 13.1. The van der Waals surface area contributed by atoms with Crippen LogP contribution in [0.3, 0.4) is 0 Å². The summed E-state index contributed by atoms with van der Waals surface area (Å²) in [6.07, 6.45) is 0. The summed E-state index contributed by atoms with van der Waals surface area (Å²) >= 11 is 11.0. The molecular weight excluding hydrogens is 294 g/mol. The molecule has 0 atom stereocenters. The Morgan fingerprint density at radius 3 is 2.63 bits per heavy atom. The lowest BCUT2D eigenvalue weighted by atomic mass is 10.3. The van der Waals surface area contributed by atoms with E-state index in [9.17, 15) is 14.0 Å². The van der Waals surface area contributed by atoms with E-state index in [1.807, 2.05) is 0 Å². The molecule has 4 nitrogen and oxygen atoms in total. The minimum atomic E-state index is -0.952. The number of aryl methyl sites for hydroxylation is 1. The lowest BCUT2D eigenvalue weighted by Crippen LogP contribution is -2.20. The summed E-state index contributed by atoms with van der Waals surface area (Å²) in [6.45, 7) is 1.62. The Hall–Kier alpha value is -1.72. The lowest BCUT2D eigenvalue weighted by molar-refractivity contribution is 0.107. The van der Waals surface area contributed by atoms with Crippen molar-refractivity contribution in [1.29, 1.82) is 0 Å². The fourth-order valence-electron chi connectivity index (χ4n) is 1.56. The summed E-state index contributed by atoms with van der Waals surface area (Å²) in [7, 11) is 0. The van der Waals surface area contributed by atoms with Gasteiger partial charge in [-0.2, -0.15) is 5.10 Å². The van der Waals surface area contributed by atoms with Gasteiger partial charge >= 0.3 is 0 Å². The average Bonchev–Trinajstić information content (AvgIpc) is 2.32. The van der Waals surface area contributed by atoms with E-state index in [1.54, 1.807) is 6.92 Å². The van der Waals surface area contributed by atoms with Crippen LogP contribution in [0.25, 0.3) is 5.69 Å². The van der Waals surface area contributed by atoms with Gasteiger partial charge in [-0.1, -0.05) is 11.6 Å². The molecule has 1 aromatic carbocycles. The molecule has 0 saturated heterocycles. The molecule has 0 fully saturated rings. The zero-order chi connectivity index (χ0) is 14.2. The summed E-state index contributed by atoms with van der Waals surface area (Å²) in [5.74, 6) is -0.572. The monoisotopic (exact) mass is 300 g/mol. The van der Waals surface area contributed by atoms with Crippen molar-refractivity contribution in [2.75, 3.05) is 0 Å². The molecule has 2 aromatic rings. The minimum absolute atomic E-state index is 0.0869. The Bertz CT molecular complexity index is 728. The first kappa shape index (κ1) is 13.7. The van der Waals surface area contributed by atoms with Crippen molar-refractivity contribution in [3.63, 3.8) is 0 Å². The second-order valence-corrected chi connectivity index (χ2v) is 4.53. The molecule has 0 N–H and O–H groups in total. The number of aromatic nitrogens is 2. The van der Waals surface area contributed by atoms with E-state index in [1.165, 1.54) is 28.9 Å². The second kappa shape index (κ2) is 5.11. The first-order valence-corrected chi connectivity index (χ1v) is 5.92. The van der Waals surface area contributed by atoms with E-state index in [4.69, 9.17) is 23.2 Å². The van der Waals surface area contributed by atoms with Crippen molar-refractivity contribution in [1.82, 2.24) is 9.78 Å². The maximum atomic E-state index is 13.1. The van der Waals surface area contributed by atoms with Gasteiger partial charge in [0.1, 0.15) is 5.82 Å². The van der Waals surface area contributed by atoms with Crippen molar-refractivity contribution in [3.05, 3.63) is 56.7 Å². The number of hydrogen-bond acceptors (Lipinski definition) is 3. The van der Waals surface area contributed by atoms with Gasteiger partial charge < -0.3 is 0 Å². The molecule has 0 spiro atoms. The van der Waals surface area contributed by atoms with Gasteiger partial charge in [0.25, 0.3) is 5.24 Å². The molecule has 19 heavy (non-hydrogen) atoms. The van der Waals surface area contributed by atoms with Crippen molar-refractivity contribution in [2.45, 2.75) is 6.92 Å². The lowest BCUT2D eigenvalue weighted by Gasteiger charge is -2.10. The third-order valence-electron chi connectivity index (χ3n) is 2.44. The van der Waals surface area contributed by atoms with E-state index in [0.717, 1.165) is 0 Å². The van der Waals surface area contributed by atoms with Gasteiger partial charge in [0.15, 0.2) is 5.69 Å². The van der Waals surface area contributed by atoms with Crippen molar-refractivity contribution < 1.29 is 9.18 Å². The minimum Gasteiger partial charge on any atom is -0.287 e. The fourth-order valence-corrected chi connectivity index (χ4v) is 1.87. The molecule has 0 bridgehead atoms. The van der Waals surface area contributed by atoms with Gasteiger partial charge in [-0.05, 0) is 36.7 Å². The highest BCUT2D eigenvalue weighted by Crippen LogP contribution is 2.19. The molecule has 1 heterocycles. The maximum Gasteiger partial charge on any atom is 0.276 e. The molecule has 2 rings (SSSR count).